The van der Waals surface area contributed by atoms with Crippen LogP contribution < -0.4 is 4.90 Å². The first-order valence-corrected chi connectivity index (χ1v) is 8.51. The molecule has 2 aliphatic rings. The highest BCUT2D eigenvalue weighted by atomic mass is 79.9. The molecule has 2 nitrogen and oxygen atoms in total. The maximum absolute atomic E-state index is 3.55. The van der Waals surface area contributed by atoms with Crippen molar-refractivity contribution in [2.24, 2.45) is 5.92 Å². The highest BCUT2D eigenvalue weighted by Crippen LogP contribution is 2.30. The van der Waals surface area contributed by atoms with Gasteiger partial charge in [-0.05, 0) is 48.9 Å². The van der Waals surface area contributed by atoms with E-state index in [0.29, 0.717) is 0 Å². The normalized spacial score (nSPS) is 20.8. The van der Waals surface area contributed by atoms with Gasteiger partial charge in [-0.25, -0.2) is 0 Å². The summed E-state index contributed by atoms with van der Waals surface area (Å²) in [6.07, 6.45) is 2.93. The molecule has 19 heavy (non-hydrogen) atoms. The molecule has 104 valence electrons. The molecule has 1 aromatic rings. The van der Waals surface area contributed by atoms with Crippen molar-refractivity contribution in [1.29, 1.82) is 0 Å². The summed E-state index contributed by atoms with van der Waals surface area (Å²) in [6, 6.07) is 6.88. The first-order chi connectivity index (χ1) is 9.26. The number of rotatable bonds is 4. The molecule has 2 fully saturated rings. The number of benzene rings is 1. The number of piperazine rings is 1. The van der Waals surface area contributed by atoms with Crippen LogP contribution in [0.15, 0.2) is 18.2 Å². The van der Waals surface area contributed by atoms with Crippen molar-refractivity contribution in [3.8, 4) is 0 Å². The van der Waals surface area contributed by atoms with E-state index in [1.54, 1.807) is 0 Å². The van der Waals surface area contributed by atoms with Gasteiger partial charge in [-0.2, -0.15) is 0 Å². The van der Waals surface area contributed by atoms with Gasteiger partial charge in [0.1, 0.15) is 0 Å². The summed E-state index contributed by atoms with van der Waals surface area (Å²) in [4.78, 5) is 5.18. The van der Waals surface area contributed by atoms with Crippen LogP contribution in [0, 0.1) is 12.8 Å². The smallest absolute Gasteiger partial charge is 0.0369 e. The average Bonchev–Trinajstić information content (AvgIpc) is 3.23. The number of alkyl halides is 1. The molecule has 1 saturated carbocycles. The number of halogens is 1. The summed E-state index contributed by atoms with van der Waals surface area (Å²) in [5.41, 5.74) is 4.19. The molecule has 0 amide bonds. The Kier molecular flexibility index (Phi) is 4.13. The van der Waals surface area contributed by atoms with E-state index in [1.807, 2.05) is 0 Å². The third-order valence-corrected chi connectivity index (χ3v) is 5.03. The zero-order valence-electron chi connectivity index (χ0n) is 11.7. The first kappa shape index (κ1) is 13.4. The molecule has 1 aliphatic heterocycles. The van der Waals surface area contributed by atoms with Gasteiger partial charge in [0.25, 0.3) is 0 Å². The van der Waals surface area contributed by atoms with Crippen LogP contribution in [0.3, 0.4) is 0 Å². The first-order valence-electron chi connectivity index (χ1n) is 7.39. The van der Waals surface area contributed by atoms with Gasteiger partial charge in [-0.1, -0.05) is 22.0 Å². The topological polar surface area (TPSA) is 6.48 Å². The number of nitrogens with zero attached hydrogens (tertiary/aromatic N) is 2. The van der Waals surface area contributed by atoms with Crippen LogP contribution in [-0.2, 0) is 5.33 Å². The van der Waals surface area contributed by atoms with E-state index in [9.17, 15) is 0 Å². The van der Waals surface area contributed by atoms with Crippen LogP contribution in [0.1, 0.15) is 24.0 Å². The molecular weight excluding hydrogens is 300 g/mol. The maximum atomic E-state index is 3.55. The fraction of sp³-hybridized carbons (Fsp3) is 0.625. The van der Waals surface area contributed by atoms with Crippen LogP contribution in [0.25, 0.3) is 0 Å². The second kappa shape index (κ2) is 5.84. The quantitative estimate of drug-likeness (QED) is 0.784. The Bertz CT molecular complexity index is 434. The van der Waals surface area contributed by atoms with Gasteiger partial charge in [-0.3, -0.25) is 4.90 Å². The minimum atomic E-state index is 0.953. The predicted octanol–water partition coefficient (Wildman–Crippen LogP) is 3.42. The average molecular weight is 323 g/mol. The van der Waals surface area contributed by atoms with Gasteiger partial charge in [-0.15, -0.1) is 0 Å². The van der Waals surface area contributed by atoms with Crippen molar-refractivity contribution in [3.63, 3.8) is 0 Å². The number of aryl methyl sites for hydroxylation is 1. The van der Waals surface area contributed by atoms with E-state index < -0.39 is 0 Å². The molecule has 0 bridgehead atoms. The predicted molar refractivity (Wildman–Crippen MR) is 85.2 cm³/mol. The van der Waals surface area contributed by atoms with Crippen molar-refractivity contribution in [1.82, 2.24) is 4.90 Å². The number of hydrogen-bond donors (Lipinski definition) is 0. The van der Waals surface area contributed by atoms with Gasteiger partial charge in [0.05, 0.1) is 0 Å². The lowest BCUT2D eigenvalue weighted by Gasteiger charge is -2.36. The molecular formula is C16H23BrN2. The Morgan fingerprint density at radius 1 is 1.16 bits per heavy atom. The molecule has 1 aromatic carbocycles. The number of hydrogen-bond acceptors (Lipinski definition) is 2. The fourth-order valence-corrected chi connectivity index (χ4v) is 3.51. The van der Waals surface area contributed by atoms with Crippen molar-refractivity contribution < 1.29 is 0 Å². The van der Waals surface area contributed by atoms with Crippen LogP contribution in [-0.4, -0.2) is 37.6 Å². The summed E-state index contributed by atoms with van der Waals surface area (Å²) in [7, 11) is 0. The van der Waals surface area contributed by atoms with Crippen molar-refractivity contribution >= 4 is 21.6 Å². The number of anilines is 1. The van der Waals surface area contributed by atoms with Gasteiger partial charge >= 0.3 is 0 Å². The third kappa shape index (κ3) is 3.32. The van der Waals surface area contributed by atoms with E-state index in [2.05, 4.69) is 50.9 Å². The second-order valence-corrected chi connectivity index (χ2v) is 6.54. The lowest BCUT2D eigenvalue weighted by molar-refractivity contribution is 0.248. The van der Waals surface area contributed by atoms with E-state index in [1.165, 1.54) is 62.4 Å². The van der Waals surface area contributed by atoms with Gasteiger partial charge in [0, 0.05) is 43.7 Å². The molecule has 0 unspecified atom stereocenters. The van der Waals surface area contributed by atoms with Gasteiger partial charge in [0.2, 0.25) is 0 Å². The molecule has 0 N–H and O–H groups in total. The summed E-state index contributed by atoms with van der Waals surface area (Å²) < 4.78 is 0. The molecule has 0 atom stereocenters. The van der Waals surface area contributed by atoms with Gasteiger partial charge in [0.15, 0.2) is 0 Å². The van der Waals surface area contributed by atoms with Crippen LogP contribution in [0.5, 0.6) is 0 Å². The van der Waals surface area contributed by atoms with E-state index in [-0.39, 0.29) is 0 Å². The van der Waals surface area contributed by atoms with Crippen molar-refractivity contribution in [2.45, 2.75) is 25.1 Å². The second-order valence-electron chi connectivity index (χ2n) is 5.98. The Balaban J connectivity index is 1.59. The summed E-state index contributed by atoms with van der Waals surface area (Å²) in [5, 5.41) is 0.953. The van der Waals surface area contributed by atoms with E-state index in [4.69, 9.17) is 0 Å². The van der Waals surface area contributed by atoms with Crippen molar-refractivity contribution in [3.05, 3.63) is 29.3 Å². The minimum absolute atomic E-state index is 0.953. The third-order valence-electron chi connectivity index (χ3n) is 4.42. The van der Waals surface area contributed by atoms with E-state index >= 15 is 0 Å². The molecule has 0 spiro atoms. The molecule has 3 rings (SSSR count). The standard InChI is InChI=1S/C16H23BrN2/c1-13-10-16(5-4-15(13)11-17)19-8-6-18(7-9-19)12-14-2-3-14/h4-5,10,14H,2-3,6-9,11-12H2,1H3. The van der Waals surface area contributed by atoms with Crippen LogP contribution in [0.2, 0.25) is 0 Å². The maximum Gasteiger partial charge on any atom is 0.0369 e. The Hall–Kier alpha value is -0.540. The van der Waals surface area contributed by atoms with Gasteiger partial charge < -0.3 is 4.90 Å². The SMILES string of the molecule is Cc1cc(N2CCN(CC3CC3)CC2)ccc1CBr. The summed E-state index contributed by atoms with van der Waals surface area (Å²) in [5.74, 6) is 1.02. The molecule has 0 radical (unpaired) electrons. The Morgan fingerprint density at radius 2 is 1.89 bits per heavy atom. The molecule has 0 aromatic heterocycles. The monoisotopic (exact) mass is 322 g/mol. The lowest BCUT2D eigenvalue weighted by atomic mass is 10.1. The Labute approximate surface area is 124 Å². The van der Waals surface area contributed by atoms with Crippen molar-refractivity contribution in [2.75, 3.05) is 37.6 Å². The minimum Gasteiger partial charge on any atom is -0.369 e. The Morgan fingerprint density at radius 3 is 2.47 bits per heavy atom. The summed E-state index contributed by atoms with van der Waals surface area (Å²) >= 11 is 3.55. The molecule has 1 heterocycles. The molecule has 1 aliphatic carbocycles. The van der Waals surface area contributed by atoms with E-state index in [0.717, 1.165) is 11.2 Å². The fourth-order valence-electron chi connectivity index (χ4n) is 2.88. The highest BCUT2D eigenvalue weighted by Gasteiger charge is 2.26. The van der Waals surface area contributed by atoms with Crippen LogP contribution >= 0.6 is 15.9 Å². The largest absolute Gasteiger partial charge is 0.369 e. The molecule has 1 saturated heterocycles. The summed E-state index contributed by atoms with van der Waals surface area (Å²) in [6.45, 7) is 8.38. The van der Waals surface area contributed by atoms with Crippen LogP contribution in [0.4, 0.5) is 5.69 Å². The highest BCUT2D eigenvalue weighted by molar-refractivity contribution is 9.08. The lowest BCUT2D eigenvalue weighted by Crippen LogP contribution is -2.47. The zero-order chi connectivity index (χ0) is 13.2. The molecule has 3 heteroatoms. The zero-order valence-corrected chi connectivity index (χ0v) is 13.3.